The molecule has 0 unspecified atom stereocenters. The number of ketones is 1. The van der Waals surface area contributed by atoms with Crippen molar-refractivity contribution >= 4 is 44.9 Å². The van der Waals surface area contributed by atoms with Crippen molar-refractivity contribution in [1.29, 1.82) is 0 Å². The lowest BCUT2D eigenvalue weighted by molar-refractivity contribution is -0.118. The number of benzene rings is 2. The highest BCUT2D eigenvalue weighted by Gasteiger charge is 2.18. The Labute approximate surface area is 140 Å². The molecule has 2 aromatic carbocycles. The van der Waals surface area contributed by atoms with Crippen LogP contribution in [0.3, 0.4) is 0 Å². The molecule has 6 heteroatoms. The minimum atomic E-state index is -0.227. The lowest BCUT2D eigenvalue weighted by Gasteiger charge is -2.18. The summed E-state index contributed by atoms with van der Waals surface area (Å²) < 4.78 is 6.00. The van der Waals surface area contributed by atoms with Crippen LogP contribution in [0.4, 0.5) is 5.69 Å². The fraction of sp³-hybridized carbons (Fsp3) is 0.125. The highest BCUT2D eigenvalue weighted by molar-refractivity contribution is 9.10. The summed E-state index contributed by atoms with van der Waals surface area (Å²) in [6, 6.07) is 10.4. The maximum Gasteiger partial charge on any atom is 0.262 e. The zero-order chi connectivity index (χ0) is 15.7. The second-order valence-corrected chi connectivity index (χ2v) is 6.06. The predicted octanol–water partition coefficient (Wildman–Crippen LogP) is 3.86. The molecule has 3 rings (SSSR count). The van der Waals surface area contributed by atoms with E-state index in [0.29, 0.717) is 22.0 Å². The van der Waals surface area contributed by atoms with Gasteiger partial charge in [-0.05, 0) is 45.8 Å². The molecule has 0 bridgehead atoms. The van der Waals surface area contributed by atoms with Gasteiger partial charge >= 0.3 is 0 Å². The predicted molar refractivity (Wildman–Crippen MR) is 87.8 cm³/mol. The molecule has 1 amide bonds. The van der Waals surface area contributed by atoms with Gasteiger partial charge in [-0.1, -0.05) is 23.7 Å². The third kappa shape index (κ3) is 3.00. The summed E-state index contributed by atoms with van der Waals surface area (Å²) in [6.07, 6.45) is 0.217. The van der Waals surface area contributed by atoms with Crippen LogP contribution in [0.1, 0.15) is 15.9 Å². The number of anilines is 1. The number of hydrogen-bond acceptors (Lipinski definition) is 3. The van der Waals surface area contributed by atoms with Crippen molar-refractivity contribution < 1.29 is 14.3 Å². The summed E-state index contributed by atoms with van der Waals surface area (Å²) in [5.41, 5.74) is 1.85. The molecule has 0 atom stereocenters. The Morgan fingerprint density at radius 2 is 2.14 bits per heavy atom. The summed E-state index contributed by atoms with van der Waals surface area (Å²) in [4.78, 5) is 23.8. The van der Waals surface area contributed by atoms with Gasteiger partial charge in [0.2, 0.25) is 0 Å². The van der Waals surface area contributed by atoms with Gasteiger partial charge in [0.05, 0.1) is 10.7 Å². The van der Waals surface area contributed by atoms with E-state index in [9.17, 15) is 9.59 Å². The number of carbonyl (C=O) groups excluding carboxylic acids is 2. The van der Waals surface area contributed by atoms with Crippen molar-refractivity contribution in [2.75, 3.05) is 11.9 Å². The van der Waals surface area contributed by atoms with E-state index in [2.05, 4.69) is 21.2 Å². The number of amides is 1. The number of fused-ring (bicyclic) bond motifs is 1. The molecule has 0 aromatic heterocycles. The lowest BCUT2D eigenvalue weighted by atomic mass is 10.0. The van der Waals surface area contributed by atoms with Crippen molar-refractivity contribution in [3.05, 3.63) is 57.0 Å². The number of ether oxygens (including phenoxy) is 1. The second-order valence-electron chi connectivity index (χ2n) is 4.86. The van der Waals surface area contributed by atoms with Gasteiger partial charge < -0.3 is 10.1 Å². The molecular weight excluding hydrogens is 370 g/mol. The summed E-state index contributed by atoms with van der Waals surface area (Å²) in [5, 5.41) is 3.26. The molecule has 1 heterocycles. The van der Waals surface area contributed by atoms with Crippen LogP contribution in [-0.4, -0.2) is 18.3 Å². The highest BCUT2D eigenvalue weighted by atomic mass is 79.9. The van der Waals surface area contributed by atoms with Gasteiger partial charge in [-0.2, -0.15) is 0 Å². The molecule has 0 fully saturated rings. The van der Waals surface area contributed by atoms with Crippen LogP contribution in [0.2, 0.25) is 5.02 Å². The Morgan fingerprint density at radius 3 is 2.95 bits per heavy atom. The van der Waals surface area contributed by atoms with Gasteiger partial charge in [0, 0.05) is 16.5 Å². The first-order chi connectivity index (χ1) is 10.5. The monoisotopic (exact) mass is 379 g/mol. The number of carbonyl (C=O) groups is 2. The molecule has 0 radical (unpaired) electrons. The zero-order valence-electron chi connectivity index (χ0n) is 11.4. The normalized spacial score (nSPS) is 13.1. The third-order valence-corrected chi connectivity index (χ3v) is 4.80. The molecule has 0 spiro atoms. The van der Waals surface area contributed by atoms with E-state index in [1.54, 1.807) is 30.3 Å². The molecule has 112 valence electrons. The van der Waals surface area contributed by atoms with Crippen LogP contribution in [0.5, 0.6) is 5.75 Å². The Balaban J connectivity index is 1.85. The molecule has 1 aliphatic rings. The number of halogens is 2. The summed E-state index contributed by atoms with van der Waals surface area (Å²) in [5.74, 6) is 0.278. The Bertz CT molecular complexity index is 776. The quantitative estimate of drug-likeness (QED) is 0.823. The van der Waals surface area contributed by atoms with Crippen LogP contribution >= 0.6 is 27.5 Å². The highest BCUT2D eigenvalue weighted by Crippen LogP contribution is 2.30. The average molecular weight is 381 g/mol. The Morgan fingerprint density at radius 1 is 1.32 bits per heavy atom. The molecular formula is C16H11BrClNO3. The van der Waals surface area contributed by atoms with Gasteiger partial charge in [-0.15, -0.1) is 0 Å². The van der Waals surface area contributed by atoms with E-state index in [4.69, 9.17) is 16.3 Å². The first-order valence-corrected chi connectivity index (χ1v) is 7.74. The van der Waals surface area contributed by atoms with E-state index < -0.39 is 0 Å². The smallest absolute Gasteiger partial charge is 0.262 e. The molecule has 0 saturated heterocycles. The molecule has 0 saturated carbocycles. The number of Topliss-reactive ketones (excluding diaryl/α,β-unsaturated/α-hetero) is 1. The summed E-state index contributed by atoms with van der Waals surface area (Å²) in [7, 11) is 0. The maximum absolute atomic E-state index is 12.4. The van der Waals surface area contributed by atoms with Gasteiger partial charge in [-0.3, -0.25) is 9.59 Å². The number of nitrogens with one attached hydrogen (secondary N) is 1. The van der Waals surface area contributed by atoms with Crippen LogP contribution in [0.25, 0.3) is 0 Å². The minimum Gasteiger partial charge on any atom is -0.482 e. The van der Waals surface area contributed by atoms with Crippen LogP contribution in [0, 0.1) is 0 Å². The van der Waals surface area contributed by atoms with Crippen molar-refractivity contribution in [1.82, 2.24) is 0 Å². The van der Waals surface area contributed by atoms with E-state index in [0.717, 1.165) is 10.0 Å². The fourth-order valence-electron chi connectivity index (χ4n) is 2.22. The fourth-order valence-corrected chi connectivity index (χ4v) is 2.82. The second kappa shape index (κ2) is 6.10. The summed E-state index contributed by atoms with van der Waals surface area (Å²) >= 11 is 9.42. The Kier molecular flexibility index (Phi) is 4.18. The molecule has 22 heavy (non-hydrogen) atoms. The van der Waals surface area contributed by atoms with Crippen LogP contribution in [-0.2, 0) is 11.2 Å². The largest absolute Gasteiger partial charge is 0.482 e. The van der Waals surface area contributed by atoms with Gasteiger partial charge in [0.25, 0.3) is 5.91 Å². The topological polar surface area (TPSA) is 55.4 Å². The van der Waals surface area contributed by atoms with E-state index in [1.165, 1.54) is 0 Å². The maximum atomic E-state index is 12.4. The van der Waals surface area contributed by atoms with Crippen LogP contribution in [0.15, 0.2) is 40.9 Å². The van der Waals surface area contributed by atoms with Crippen molar-refractivity contribution in [3.63, 3.8) is 0 Å². The molecule has 0 aliphatic carbocycles. The third-order valence-electron chi connectivity index (χ3n) is 3.32. The first-order valence-electron chi connectivity index (χ1n) is 6.57. The van der Waals surface area contributed by atoms with Crippen molar-refractivity contribution in [2.45, 2.75) is 6.42 Å². The SMILES string of the molecule is O=C1COc2ccc(C(=O)Cc3cccc(Cl)c3Br)cc2N1. The molecule has 1 aliphatic heterocycles. The van der Waals surface area contributed by atoms with E-state index >= 15 is 0 Å². The molecule has 1 N–H and O–H groups in total. The molecule has 4 nitrogen and oxygen atoms in total. The number of hydrogen-bond donors (Lipinski definition) is 1. The van der Waals surface area contributed by atoms with E-state index in [-0.39, 0.29) is 24.7 Å². The zero-order valence-corrected chi connectivity index (χ0v) is 13.7. The van der Waals surface area contributed by atoms with Crippen LogP contribution < -0.4 is 10.1 Å². The van der Waals surface area contributed by atoms with E-state index in [1.807, 2.05) is 6.07 Å². The van der Waals surface area contributed by atoms with Crippen molar-refractivity contribution in [3.8, 4) is 5.75 Å². The average Bonchev–Trinajstić information content (AvgIpc) is 2.51. The van der Waals surface area contributed by atoms with Crippen molar-refractivity contribution in [2.24, 2.45) is 0 Å². The van der Waals surface area contributed by atoms with Gasteiger partial charge in [0.15, 0.2) is 12.4 Å². The molecule has 2 aromatic rings. The number of rotatable bonds is 3. The van der Waals surface area contributed by atoms with Gasteiger partial charge in [-0.25, -0.2) is 0 Å². The first kappa shape index (κ1) is 15.1. The minimum absolute atomic E-state index is 0.00421. The lowest BCUT2D eigenvalue weighted by Crippen LogP contribution is -2.25. The Hall–Kier alpha value is -1.85. The summed E-state index contributed by atoms with van der Waals surface area (Å²) in [6.45, 7) is -0.00421. The standard InChI is InChI=1S/C16H11BrClNO3/c17-16-10(2-1-3-11(16)18)7-13(20)9-4-5-14-12(6-9)19-15(21)8-22-14/h1-6H,7-8H2,(H,19,21). The van der Waals surface area contributed by atoms with Gasteiger partial charge in [0.1, 0.15) is 5.75 Å².